The first-order chi connectivity index (χ1) is 13.2. The second kappa shape index (κ2) is 9.73. The fourth-order valence-corrected chi connectivity index (χ4v) is 2.68. The highest BCUT2D eigenvalue weighted by atomic mass is 35.5. The maximum Gasteiger partial charge on any atom is 0.338 e. The van der Waals surface area contributed by atoms with E-state index in [1.54, 1.807) is 24.3 Å². The molecule has 0 aliphatic carbocycles. The molecule has 0 atom stereocenters. The molecule has 0 fully saturated rings. The normalized spacial score (nSPS) is 11.3. The number of ether oxygens (including phenoxy) is 2. The predicted octanol–water partition coefficient (Wildman–Crippen LogP) is 4.58. The molecule has 2 rings (SSSR count). The molecule has 2 aromatic rings. The van der Waals surface area contributed by atoms with Crippen LogP contribution >= 0.6 is 11.6 Å². The Morgan fingerprint density at radius 3 is 2.46 bits per heavy atom. The second-order valence-electron chi connectivity index (χ2n) is 7.54. The molecule has 0 spiro atoms. The molecule has 0 aliphatic heterocycles. The van der Waals surface area contributed by atoms with Gasteiger partial charge in [0.15, 0.2) is 10.8 Å². The van der Waals surface area contributed by atoms with Crippen molar-refractivity contribution < 1.29 is 14.3 Å². The zero-order valence-electron chi connectivity index (χ0n) is 16.8. The summed E-state index contributed by atoms with van der Waals surface area (Å²) in [6.45, 7) is 8.34. The molecule has 1 heterocycles. The van der Waals surface area contributed by atoms with Crippen molar-refractivity contribution in [1.29, 1.82) is 0 Å². The highest BCUT2D eigenvalue weighted by molar-refractivity contribution is 6.31. The first-order valence-electron chi connectivity index (χ1n) is 9.41. The van der Waals surface area contributed by atoms with Crippen molar-refractivity contribution in [1.82, 2.24) is 9.78 Å². The monoisotopic (exact) mass is 406 g/mol. The van der Waals surface area contributed by atoms with Crippen molar-refractivity contribution in [2.75, 3.05) is 6.61 Å². The second-order valence-corrected chi connectivity index (χ2v) is 7.92. The molecule has 152 valence electrons. The summed E-state index contributed by atoms with van der Waals surface area (Å²) in [6.07, 6.45) is 4.44. The van der Waals surface area contributed by atoms with Crippen LogP contribution < -0.4 is 10.3 Å². The van der Waals surface area contributed by atoms with E-state index in [1.165, 1.54) is 10.9 Å². The molecule has 7 heteroatoms. The molecule has 1 aromatic heterocycles. The van der Waals surface area contributed by atoms with Gasteiger partial charge in [-0.1, -0.05) is 43.5 Å². The Hall–Kier alpha value is -2.34. The largest absolute Gasteiger partial charge is 0.485 e. The van der Waals surface area contributed by atoms with E-state index in [2.05, 4.69) is 12.0 Å². The van der Waals surface area contributed by atoms with Gasteiger partial charge in [-0.3, -0.25) is 4.79 Å². The van der Waals surface area contributed by atoms with Crippen molar-refractivity contribution in [2.24, 2.45) is 0 Å². The third kappa shape index (κ3) is 5.83. The fraction of sp³-hybridized carbons (Fsp3) is 0.476. The van der Waals surface area contributed by atoms with Gasteiger partial charge >= 0.3 is 5.97 Å². The van der Waals surface area contributed by atoms with Gasteiger partial charge < -0.3 is 9.47 Å². The zero-order chi connectivity index (χ0) is 20.7. The molecule has 0 bridgehead atoms. The number of carbonyl (C=O) groups is 1. The van der Waals surface area contributed by atoms with Gasteiger partial charge in [-0.25, -0.2) is 9.48 Å². The Balaban J connectivity index is 1.97. The average molecular weight is 407 g/mol. The molecule has 0 unspecified atom stereocenters. The van der Waals surface area contributed by atoms with Gasteiger partial charge in [0.25, 0.3) is 5.56 Å². The minimum Gasteiger partial charge on any atom is -0.485 e. The zero-order valence-corrected chi connectivity index (χ0v) is 17.6. The van der Waals surface area contributed by atoms with Crippen LogP contribution in [0.3, 0.4) is 0 Å². The summed E-state index contributed by atoms with van der Waals surface area (Å²) in [5.74, 6) is -0.104. The molecule has 0 N–H and O–H groups in total. The van der Waals surface area contributed by atoms with Crippen LogP contribution in [-0.4, -0.2) is 22.4 Å². The third-order valence-corrected chi connectivity index (χ3v) is 4.44. The van der Waals surface area contributed by atoms with E-state index < -0.39 is 11.1 Å². The molecule has 0 saturated heterocycles. The minimum atomic E-state index is -0.472. The van der Waals surface area contributed by atoms with Crippen LogP contribution in [0.4, 0.5) is 0 Å². The summed E-state index contributed by atoms with van der Waals surface area (Å²) in [5.41, 5.74) is 0.458. The smallest absolute Gasteiger partial charge is 0.338 e. The average Bonchev–Trinajstić information content (AvgIpc) is 2.65. The summed E-state index contributed by atoms with van der Waals surface area (Å²) in [4.78, 5) is 24.3. The van der Waals surface area contributed by atoms with Crippen LogP contribution in [0, 0.1) is 0 Å². The summed E-state index contributed by atoms with van der Waals surface area (Å²) in [6, 6.07) is 6.94. The number of rotatable bonds is 8. The fourth-order valence-electron chi connectivity index (χ4n) is 2.49. The lowest BCUT2D eigenvalue weighted by molar-refractivity contribution is 0.0498. The minimum absolute atomic E-state index is 0.00259. The molecule has 0 radical (unpaired) electrons. The number of aromatic nitrogens is 2. The van der Waals surface area contributed by atoms with Gasteiger partial charge in [-0.05, 0) is 44.9 Å². The van der Waals surface area contributed by atoms with Crippen LogP contribution in [0.1, 0.15) is 62.9 Å². The number of hydrogen-bond acceptors (Lipinski definition) is 5. The van der Waals surface area contributed by atoms with Crippen molar-refractivity contribution in [3.05, 3.63) is 57.0 Å². The van der Waals surface area contributed by atoms with Crippen LogP contribution in [0.15, 0.2) is 35.3 Å². The van der Waals surface area contributed by atoms with Gasteiger partial charge in [-0.15, -0.1) is 0 Å². The highest BCUT2D eigenvalue weighted by Crippen LogP contribution is 2.22. The van der Waals surface area contributed by atoms with Crippen molar-refractivity contribution in [3.8, 4) is 5.75 Å². The lowest BCUT2D eigenvalue weighted by atomic mass is 10.1. The number of esters is 1. The molecule has 28 heavy (non-hydrogen) atoms. The van der Waals surface area contributed by atoms with Crippen molar-refractivity contribution in [2.45, 2.75) is 59.1 Å². The standard InChI is InChI=1S/C21H27ClN2O4/c1-5-6-7-12-27-20(26)16-10-8-15(9-11-16)14-28-17-13-23-24(21(2,3)4)19(25)18(17)22/h8-11,13H,5-7,12,14H2,1-4H3. The summed E-state index contributed by atoms with van der Waals surface area (Å²) < 4.78 is 12.2. The number of carbonyl (C=O) groups excluding carboxylic acids is 1. The van der Waals surface area contributed by atoms with E-state index in [4.69, 9.17) is 21.1 Å². The molecule has 6 nitrogen and oxygen atoms in total. The van der Waals surface area contributed by atoms with Crippen LogP contribution in [-0.2, 0) is 16.9 Å². The van der Waals surface area contributed by atoms with Crippen molar-refractivity contribution in [3.63, 3.8) is 0 Å². The van der Waals surface area contributed by atoms with E-state index in [0.717, 1.165) is 24.8 Å². The van der Waals surface area contributed by atoms with Gasteiger partial charge in [0.05, 0.1) is 23.9 Å². The highest BCUT2D eigenvalue weighted by Gasteiger charge is 2.20. The Morgan fingerprint density at radius 1 is 1.18 bits per heavy atom. The van der Waals surface area contributed by atoms with Crippen LogP contribution in [0.2, 0.25) is 5.02 Å². The molecule has 0 saturated carbocycles. The summed E-state index contributed by atoms with van der Waals surface area (Å²) in [5, 5.41) is 4.13. The van der Waals surface area contributed by atoms with E-state index >= 15 is 0 Å². The Kier molecular flexibility index (Phi) is 7.63. The maximum atomic E-state index is 12.3. The van der Waals surface area contributed by atoms with Gasteiger partial charge in [0.2, 0.25) is 0 Å². The number of benzene rings is 1. The molecular weight excluding hydrogens is 380 g/mol. The first kappa shape index (κ1) is 22.0. The maximum absolute atomic E-state index is 12.3. The van der Waals surface area contributed by atoms with Gasteiger partial charge in [0, 0.05) is 0 Å². The molecular formula is C21H27ClN2O4. The van der Waals surface area contributed by atoms with Crippen molar-refractivity contribution >= 4 is 17.6 Å². The van der Waals surface area contributed by atoms with E-state index in [9.17, 15) is 9.59 Å². The quantitative estimate of drug-likeness (QED) is 0.474. The number of hydrogen-bond donors (Lipinski definition) is 0. The van der Waals surface area contributed by atoms with Gasteiger partial charge in [-0.2, -0.15) is 5.10 Å². The number of nitrogens with zero attached hydrogens (tertiary/aromatic N) is 2. The van der Waals surface area contributed by atoms with Crippen LogP contribution in [0.5, 0.6) is 5.75 Å². The SMILES string of the molecule is CCCCCOC(=O)c1ccc(COc2cnn(C(C)(C)C)c(=O)c2Cl)cc1. The van der Waals surface area contributed by atoms with E-state index in [0.29, 0.717) is 12.2 Å². The third-order valence-electron chi connectivity index (χ3n) is 4.09. The molecule has 0 amide bonds. The molecule has 0 aliphatic rings. The Morgan fingerprint density at radius 2 is 1.86 bits per heavy atom. The number of halogens is 1. The Bertz CT molecular complexity index is 854. The van der Waals surface area contributed by atoms with E-state index in [1.807, 2.05) is 20.8 Å². The lowest BCUT2D eigenvalue weighted by Gasteiger charge is -2.21. The lowest BCUT2D eigenvalue weighted by Crippen LogP contribution is -2.36. The predicted molar refractivity (Wildman–Crippen MR) is 109 cm³/mol. The van der Waals surface area contributed by atoms with Gasteiger partial charge in [0.1, 0.15) is 6.61 Å². The van der Waals surface area contributed by atoms with E-state index in [-0.39, 0.29) is 23.3 Å². The topological polar surface area (TPSA) is 70.4 Å². The molecule has 1 aromatic carbocycles. The summed E-state index contributed by atoms with van der Waals surface area (Å²) in [7, 11) is 0. The summed E-state index contributed by atoms with van der Waals surface area (Å²) >= 11 is 6.15. The Labute approximate surface area is 170 Å². The number of unbranched alkanes of at least 4 members (excludes halogenated alkanes) is 2. The first-order valence-corrected chi connectivity index (χ1v) is 9.79. The van der Waals surface area contributed by atoms with Crippen LogP contribution in [0.25, 0.3) is 0 Å².